The molecule has 0 spiro atoms. The van der Waals surface area contributed by atoms with E-state index in [1.54, 1.807) is 13.1 Å². The Morgan fingerprint density at radius 2 is 2.10 bits per heavy atom. The number of ether oxygens (including phenoxy) is 1. The number of benzene rings is 1. The molecule has 0 saturated carbocycles. The lowest BCUT2D eigenvalue weighted by Crippen LogP contribution is -2.31. The second-order valence-electron chi connectivity index (χ2n) is 4.32. The van der Waals surface area contributed by atoms with Crippen molar-refractivity contribution in [3.05, 3.63) is 29.6 Å². The van der Waals surface area contributed by atoms with Gasteiger partial charge in [-0.3, -0.25) is 0 Å². The van der Waals surface area contributed by atoms with Crippen LogP contribution in [0.25, 0.3) is 0 Å². The minimum atomic E-state index is -3.82. The number of halogens is 1. The molecule has 0 fully saturated rings. The van der Waals surface area contributed by atoms with E-state index in [1.807, 2.05) is 6.92 Å². The molecule has 0 aliphatic carbocycles. The van der Waals surface area contributed by atoms with Gasteiger partial charge in [0.25, 0.3) is 0 Å². The van der Waals surface area contributed by atoms with Crippen LogP contribution < -0.4 is 5.32 Å². The summed E-state index contributed by atoms with van der Waals surface area (Å²) in [6.07, 6.45) is 0. The molecule has 114 valence electrons. The number of hydrogen-bond acceptors (Lipinski definition) is 4. The zero-order valence-corrected chi connectivity index (χ0v) is 12.8. The van der Waals surface area contributed by atoms with Gasteiger partial charge in [-0.05, 0) is 31.7 Å². The highest BCUT2D eigenvalue weighted by Crippen LogP contribution is 2.19. The molecule has 7 heteroatoms. The van der Waals surface area contributed by atoms with Crippen LogP contribution in [-0.4, -0.2) is 46.6 Å². The fourth-order valence-corrected chi connectivity index (χ4v) is 2.89. The summed E-state index contributed by atoms with van der Waals surface area (Å²) in [5.41, 5.74) is 0.695. The summed E-state index contributed by atoms with van der Waals surface area (Å²) in [6, 6.07) is 4.14. The molecule has 0 bridgehead atoms. The first-order chi connectivity index (χ1) is 9.43. The Hall–Kier alpha value is -1.02. The van der Waals surface area contributed by atoms with Gasteiger partial charge in [-0.1, -0.05) is 6.07 Å². The maximum atomic E-state index is 14.0. The summed E-state index contributed by atoms with van der Waals surface area (Å²) >= 11 is 0. The largest absolute Gasteiger partial charge is 0.380 e. The molecule has 20 heavy (non-hydrogen) atoms. The van der Waals surface area contributed by atoms with E-state index in [-0.39, 0.29) is 18.0 Å². The molecular weight excluding hydrogens is 283 g/mol. The van der Waals surface area contributed by atoms with Crippen molar-refractivity contribution in [2.24, 2.45) is 0 Å². The van der Waals surface area contributed by atoms with Crippen molar-refractivity contribution in [2.75, 3.05) is 33.9 Å². The quantitative estimate of drug-likeness (QED) is 0.733. The van der Waals surface area contributed by atoms with E-state index >= 15 is 0 Å². The standard InChI is InChI=1S/C13H21FN2O3S/c1-4-19-8-7-16(3)20(17,18)13-6-5-11(10-15-2)9-12(13)14/h5-6,9,15H,4,7-8,10H2,1-3H3. The number of hydrogen-bond donors (Lipinski definition) is 1. The second-order valence-corrected chi connectivity index (χ2v) is 6.33. The summed E-state index contributed by atoms with van der Waals surface area (Å²) in [7, 11) is -0.672. The van der Waals surface area contributed by atoms with Crippen molar-refractivity contribution >= 4 is 10.0 Å². The normalized spacial score (nSPS) is 12.1. The third-order valence-corrected chi connectivity index (χ3v) is 4.71. The van der Waals surface area contributed by atoms with Gasteiger partial charge >= 0.3 is 0 Å². The van der Waals surface area contributed by atoms with Crippen LogP contribution in [0.5, 0.6) is 0 Å². The SMILES string of the molecule is CCOCCN(C)S(=O)(=O)c1ccc(CNC)cc1F. The van der Waals surface area contributed by atoms with Crippen LogP contribution in [0.15, 0.2) is 23.1 Å². The molecule has 1 rings (SSSR count). The third-order valence-electron chi connectivity index (χ3n) is 2.82. The van der Waals surface area contributed by atoms with E-state index < -0.39 is 15.8 Å². The highest BCUT2D eigenvalue weighted by molar-refractivity contribution is 7.89. The first kappa shape index (κ1) is 17.0. The van der Waals surface area contributed by atoms with E-state index in [2.05, 4.69) is 5.32 Å². The Balaban J connectivity index is 2.91. The van der Waals surface area contributed by atoms with Gasteiger partial charge in [-0.15, -0.1) is 0 Å². The Kier molecular flexibility index (Phi) is 6.54. The highest BCUT2D eigenvalue weighted by Gasteiger charge is 2.24. The van der Waals surface area contributed by atoms with Crippen LogP contribution in [0.1, 0.15) is 12.5 Å². The Bertz CT molecular complexity index is 534. The number of nitrogens with one attached hydrogen (secondary N) is 1. The fraction of sp³-hybridized carbons (Fsp3) is 0.538. The first-order valence-corrected chi connectivity index (χ1v) is 7.84. The van der Waals surface area contributed by atoms with Crippen molar-refractivity contribution in [2.45, 2.75) is 18.4 Å². The average molecular weight is 304 g/mol. The Morgan fingerprint density at radius 3 is 2.65 bits per heavy atom. The van der Waals surface area contributed by atoms with Gasteiger partial charge in [-0.25, -0.2) is 12.8 Å². The lowest BCUT2D eigenvalue weighted by molar-refractivity contribution is 0.138. The minimum Gasteiger partial charge on any atom is -0.380 e. The molecular formula is C13H21FN2O3S. The lowest BCUT2D eigenvalue weighted by atomic mass is 10.2. The predicted molar refractivity (Wildman–Crippen MR) is 75.5 cm³/mol. The van der Waals surface area contributed by atoms with E-state index in [9.17, 15) is 12.8 Å². The maximum absolute atomic E-state index is 14.0. The summed E-state index contributed by atoms with van der Waals surface area (Å²) in [4.78, 5) is -0.309. The molecule has 0 heterocycles. The van der Waals surface area contributed by atoms with E-state index in [0.29, 0.717) is 18.7 Å². The zero-order chi connectivity index (χ0) is 15.2. The summed E-state index contributed by atoms with van der Waals surface area (Å²) in [5, 5.41) is 2.88. The maximum Gasteiger partial charge on any atom is 0.245 e. The van der Waals surface area contributed by atoms with Gasteiger partial charge in [0.1, 0.15) is 10.7 Å². The molecule has 0 amide bonds. The van der Waals surface area contributed by atoms with Crippen molar-refractivity contribution in [3.8, 4) is 0 Å². The van der Waals surface area contributed by atoms with Crippen LogP contribution in [-0.2, 0) is 21.3 Å². The van der Waals surface area contributed by atoms with Crippen LogP contribution in [0.3, 0.4) is 0 Å². The fourth-order valence-electron chi connectivity index (χ4n) is 1.69. The van der Waals surface area contributed by atoms with Gasteiger partial charge in [0.2, 0.25) is 10.0 Å². The minimum absolute atomic E-state index is 0.188. The average Bonchev–Trinajstić information content (AvgIpc) is 2.39. The van der Waals surface area contributed by atoms with Crippen LogP contribution in [0, 0.1) is 5.82 Å². The molecule has 1 N–H and O–H groups in total. The lowest BCUT2D eigenvalue weighted by Gasteiger charge is -2.17. The van der Waals surface area contributed by atoms with Gasteiger partial charge in [0, 0.05) is 26.7 Å². The number of sulfonamides is 1. The Labute approximate surface area is 119 Å². The third kappa shape index (κ3) is 4.24. The van der Waals surface area contributed by atoms with Gasteiger partial charge in [0.05, 0.1) is 6.61 Å². The molecule has 0 aliphatic heterocycles. The molecule has 0 atom stereocenters. The van der Waals surface area contributed by atoms with E-state index in [4.69, 9.17) is 4.74 Å². The van der Waals surface area contributed by atoms with Crippen molar-refractivity contribution in [3.63, 3.8) is 0 Å². The van der Waals surface area contributed by atoms with Crippen LogP contribution >= 0.6 is 0 Å². The summed E-state index contributed by atoms with van der Waals surface area (Å²) in [6.45, 7) is 3.30. The molecule has 0 unspecified atom stereocenters. The number of rotatable bonds is 8. The molecule has 0 saturated heterocycles. The van der Waals surface area contributed by atoms with E-state index in [1.165, 1.54) is 19.2 Å². The Morgan fingerprint density at radius 1 is 1.40 bits per heavy atom. The van der Waals surface area contributed by atoms with E-state index in [0.717, 1.165) is 4.31 Å². The van der Waals surface area contributed by atoms with Crippen LogP contribution in [0.2, 0.25) is 0 Å². The molecule has 1 aromatic carbocycles. The summed E-state index contributed by atoms with van der Waals surface area (Å²) < 4.78 is 44.6. The van der Waals surface area contributed by atoms with Gasteiger partial charge < -0.3 is 10.1 Å². The number of nitrogens with zero attached hydrogens (tertiary/aromatic N) is 1. The van der Waals surface area contributed by atoms with Gasteiger partial charge in [-0.2, -0.15) is 4.31 Å². The highest BCUT2D eigenvalue weighted by atomic mass is 32.2. The molecule has 0 aromatic heterocycles. The molecule has 1 aromatic rings. The second kappa shape index (κ2) is 7.68. The number of likely N-dealkylation sites (N-methyl/N-ethyl adjacent to an activating group) is 1. The predicted octanol–water partition coefficient (Wildman–Crippen LogP) is 1.20. The molecule has 5 nitrogen and oxygen atoms in total. The zero-order valence-electron chi connectivity index (χ0n) is 12.0. The summed E-state index contributed by atoms with van der Waals surface area (Å²) in [5.74, 6) is -0.735. The van der Waals surface area contributed by atoms with Gasteiger partial charge in [0.15, 0.2) is 0 Å². The smallest absolute Gasteiger partial charge is 0.245 e. The van der Waals surface area contributed by atoms with Crippen LogP contribution in [0.4, 0.5) is 4.39 Å². The topological polar surface area (TPSA) is 58.6 Å². The molecule has 0 aliphatic rings. The first-order valence-electron chi connectivity index (χ1n) is 6.40. The van der Waals surface area contributed by atoms with Crippen molar-refractivity contribution in [1.82, 2.24) is 9.62 Å². The molecule has 0 radical (unpaired) electrons. The van der Waals surface area contributed by atoms with Crippen molar-refractivity contribution in [1.29, 1.82) is 0 Å². The monoisotopic (exact) mass is 304 g/mol. The van der Waals surface area contributed by atoms with Crippen molar-refractivity contribution < 1.29 is 17.5 Å².